The van der Waals surface area contributed by atoms with Gasteiger partial charge in [0.1, 0.15) is 11.4 Å². The molecule has 0 bridgehead atoms. The van der Waals surface area contributed by atoms with E-state index in [4.69, 9.17) is 27.9 Å². The van der Waals surface area contributed by atoms with Crippen LogP contribution in [0.5, 0.6) is 5.75 Å². The van der Waals surface area contributed by atoms with Crippen LogP contribution in [-0.2, 0) is 7.05 Å². The summed E-state index contributed by atoms with van der Waals surface area (Å²) in [5, 5.41) is 3.92. The first-order valence-electron chi connectivity index (χ1n) is 6.97. The second kappa shape index (κ2) is 7.56. The number of amides is 1. The maximum Gasteiger partial charge on any atom is 0.267 e. The molecule has 22 heavy (non-hydrogen) atoms. The molecule has 2 aromatic rings. The average molecular weight is 341 g/mol. The lowest BCUT2D eigenvalue weighted by Gasteiger charge is -2.09. The van der Waals surface area contributed by atoms with Gasteiger partial charge in [0, 0.05) is 24.3 Å². The van der Waals surface area contributed by atoms with E-state index in [0.717, 1.165) is 5.69 Å². The summed E-state index contributed by atoms with van der Waals surface area (Å²) in [6, 6.07) is 8.82. The molecule has 0 spiro atoms. The van der Waals surface area contributed by atoms with E-state index in [1.54, 1.807) is 18.2 Å². The Morgan fingerprint density at radius 1 is 1.27 bits per heavy atom. The lowest BCUT2D eigenvalue weighted by atomic mass is 10.3. The van der Waals surface area contributed by atoms with Gasteiger partial charge >= 0.3 is 0 Å². The van der Waals surface area contributed by atoms with Gasteiger partial charge in [0.15, 0.2) is 0 Å². The van der Waals surface area contributed by atoms with Crippen LogP contribution in [0.2, 0.25) is 10.0 Å². The number of nitrogens with one attached hydrogen (secondary N) is 1. The van der Waals surface area contributed by atoms with Crippen molar-refractivity contribution in [1.29, 1.82) is 0 Å². The molecule has 0 saturated carbocycles. The SMILES string of the molecule is Cc1ccc(C(=O)NCCCOc2ccc(Cl)cc2Cl)n1C. The number of aromatic nitrogens is 1. The van der Waals surface area contributed by atoms with Crippen LogP contribution in [0.1, 0.15) is 22.6 Å². The summed E-state index contributed by atoms with van der Waals surface area (Å²) in [7, 11) is 1.87. The Bertz CT molecular complexity index is 668. The van der Waals surface area contributed by atoms with Crippen LogP contribution in [0.3, 0.4) is 0 Å². The molecule has 4 nitrogen and oxygen atoms in total. The zero-order chi connectivity index (χ0) is 16.1. The monoisotopic (exact) mass is 340 g/mol. The second-order valence-corrected chi connectivity index (χ2v) is 5.80. The molecule has 0 atom stereocenters. The van der Waals surface area contributed by atoms with Crippen molar-refractivity contribution < 1.29 is 9.53 Å². The molecule has 0 aliphatic heterocycles. The number of ether oxygens (including phenoxy) is 1. The van der Waals surface area contributed by atoms with Crippen molar-refractivity contribution in [2.24, 2.45) is 7.05 Å². The molecule has 1 aromatic carbocycles. The van der Waals surface area contributed by atoms with Crippen molar-refractivity contribution in [3.8, 4) is 5.75 Å². The van der Waals surface area contributed by atoms with Gasteiger partial charge in [0.25, 0.3) is 5.91 Å². The van der Waals surface area contributed by atoms with Gasteiger partial charge in [-0.25, -0.2) is 0 Å². The molecule has 118 valence electrons. The molecule has 1 aromatic heterocycles. The molecule has 1 amide bonds. The predicted molar refractivity (Wildman–Crippen MR) is 89.1 cm³/mol. The molecule has 0 aliphatic rings. The Labute approximate surface area is 140 Å². The fourth-order valence-corrected chi connectivity index (χ4v) is 2.44. The highest BCUT2D eigenvalue weighted by atomic mass is 35.5. The van der Waals surface area contributed by atoms with E-state index in [1.165, 1.54) is 0 Å². The normalized spacial score (nSPS) is 10.5. The highest BCUT2D eigenvalue weighted by molar-refractivity contribution is 6.35. The lowest BCUT2D eigenvalue weighted by Crippen LogP contribution is -2.27. The van der Waals surface area contributed by atoms with Gasteiger partial charge in [-0.1, -0.05) is 23.2 Å². The topological polar surface area (TPSA) is 43.3 Å². The van der Waals surface area contributed by atoms with E-state index in [-0.39, 0.29) is 5.91 Å². The number of carbonyl (C=O) groups is 1. The molecular weight excluding hydrogens is 323 g/mol. The van der Waals surface area contributed by atoms with Crippen molar-refractivity contribution >= 4 is 29.1 Å². The third-order valence-electron chi connectivity index (χ3n) is 3.36. The molecule has 6 heteroatoms. The van der Waals surface area contributed by atoms with Crippen LogP contribution in [0.15, 0.2) is 30.3 Å². The highest BCUT2D eigenvalue weighted by Crippen LogP contribution is 2.27. The van der Waals surface area contributed by atoms with Crippen LogP contribution in [0.4, 0.5) is 0 Å². The van der Waals surface area contributed by atoms with Crippen molar-refractivity contribution in [2.75, 3.05) is 13.2 Å². The molecule has 0 aliphatic carbocycles. The molecular formula is C16H18Cl2N2O2. The molecule has 1 heterocycles. The number of halogens is 2. The van der Waals surface area contributed by atoms with Gasteiger partial charge < -0.3 is 14.6 Å². The number of nitrogens with zero attached hydrogens (tertiary/aromatic N) is 1. The summed E-state index contributed by atoms with van der Waals surface area (Å²) in [6.07, 6.45) is 0.689. The van der Waals surface area contributed by atoms with Crippen molar-refractivity contribution in [1.82, 2.24) is 9.88 Å². The standard InChI is InChI=1S/C16H18Cl2N2O2/c1-11-4-6-14(20(11)2)16(21)19-8-3-9-22-15-7-5-12(17)10-13(15)18/h4-7,10H,3,8-9H2,1-2H3,(H,19,21). The third kappa shape index (κ3) is 4.18. The Hall–Kier alpha value is -1.65. The number of aryl methyl sites for hydroxylation is 1. The molecule has 0 unspecified atom stereocenters. The van der Waals surface area contributed by atoms with Gasteiger partial charge in [-0.15, -0.1) is 0 Å². The van der Waals surface area contributed by atoms with Gasteiger partial charge in [-0.2, -0.15) is 0 Å². The average Bonchev–Trinajstić information content (AvgIpc) is 2.80. The van der Waals surface area contributed by atoms with Crippen molar-refractivity contribution in [3.63, 3.8) is 0 Å². The molecule has 0 saturated heterocycles. The number of rotatable bonds is 6. The Kier molecular flexibility index (Phi) is 5.75. The van der Waals surface area contributed by atoms with Crippen LogP contribution in [0.25, 0.3) is 0 Å². The maximum atomic E-state index is 12.0. The van der Waals surface area contributed by atoms with E-state index in [9.17, 15) is 4.79 Å². The Morgan fingerprint density at radius 2 is 2.05 bits per heavy atom. The molecule has 2 rings (SSSR count). The fraction of sp³-hybridized carbons (Fsp3) is 0.312. The zero-order valence-corrected chi connectivity index (χ0v) is 14.0. The Morgan fingerprint density at radius 3 is 2.68 bits per heavy atom. The van der Waals surface area contributed by atoms with E-state index >= 15 is 0 Å². The minimum Gasteiger partial charge on any atom is -0.492 e. The number of benzene rings is 1. The summed E-state index contributed by atoms with van der Waals surface area (Å²) in [6.45, 7) is 2.96. The van der Waals surface area contributed by atoms with Crippen LogP contribution in [0, 0.1) is 6.92 Å². The quantitative estimate of drug-likeness (QED) is 0.812. The predicted octanol–water partition coefficient (Wildman–Crippen LogP) is 3.84. The number of hydrogen-bond donors (Lipinski definition) is 1. The van der Waals surface area contributed by atoms with Gasteiger partial charge in [0.2, 0.25) is 0 Å². The van der Waals surface area contributed by atoms with Gasteiger partial charge in [-0.05, 0) is 43.7 Å². The number of carbonyl (C=O) groups excluding carboxylic acids is 1. The van der Waals surface area contributed by atoms with Crippen LogP contribution >= 0.6 is 23.2 Å². The van der Waals surface area contributed by atoms with Gasteiger partial charge in [0.05, 0.1) is 11.6 Å². The van der Waals surface area contributed by atoms with E-state index in [2.05, 4.69) is 5.32 Å². The van der Waals surface area contributed by atoms with Crippen LogP contribution in [-0.4, -0.2) is 23.6 Å². The first-order chi connectivity index (χ1) is 10.5. The smallest absolute Gasteiger partial charge is 0.267 e. The lowest BCUT2D eigenvalue weighted by molar-refractivity contribution is 0.0943. The van der Waals surface area contributed by atoms with Crippen LogP contribution < -0.4 is 10.1 Å². The highest BCUT2D eigenvalue weighted by Gasteiger charge is 2.09. The molecule has 0 fully saturated rings. The van der Waals surface area contributed by atoms with E-state index in [1.807, 2.05) is 30.7 Å². The summed E-state index contributed by atoms with van der Waals surface area (Å²) >= 11 is 11.8. The zero-order valence-electron chi connectivity index (χ0n) is 12.5. The Balaban J connectivity index is 1.73. The summed E-state index contributed by atoms with van der Waals surface area (Å²) in [5.74, 6) is 0.510. The molecule has 1 N–H and O–H groups in total. The minimum atomic E-state index is -0.0832. The van der Waals surface area contributed by atoms with Crippen molar-refractivity contribution in [3.05, 3.63) is 51.8 Å². The minimum absolute atomic E-state index is 0.0832. The summed E-state index contributed by atoms with van der Waals surface area (Å²) in [4.78, 5) is 12.0. The molecule has 0 radical (unpaired) electrons. The van der Waals surface area contributed by atoms with Gasteiger partial charge in [-0.3, -0.25) is 4.79 Å². The third-order valence-corrected chi connectivity index (χ3v) is 3.89. The second-order valence-electron chi connectivity index (χ2n) is 4.95. The largest absolute Gasteiger partial charge is 0.492 e. The number of hydrogen-bond acceptors (Lipinski definition) is 2. The van der Waals surface area contributed by atoms with E-state index < -0.39 is 0 Å². The van der Waals surface area contributed by atoms with Crippen molar-refractivity contribution in [2.45, 2.75) is 13.3 Å². The van der Waals surface area contributed by atoms with E-state index in [0.29, 0.717) is 41.1 Å². The summed E-state index contributed by atoms with van der Waals surface area (Å²) in [5.41, 5.74) is 1.70. The first-order valence-corrected chi connectivity index (χ1v) is 7.73. The first kappa shape index (κ1) is 16.7. The fourth-order valence-electron chi connectivity index (χ4n) is 1.98. The maximum absolute atomic E-state index is 12.0. The summed E-state index contributed by atoms with van der Waals surface area (Å²) < 4.78 is 7.42.